The molecule has 8 aromatic rings. The lowest BCUT2D eigenvalue weighted by Gasteiger charge is -2.11. The normalized spacial score (nSPS) is 13.7. The molecule has 0 bridgehead atoms. The lowest BCUT2D eigenvalue weighted by Crippen LogP contribution is -2.17. The fourth-order valence-electron chi connectivity index (χ4n) is 5.76. The van der Waals surface area contributed by atoms with Crippen molar-refractivity contribution in [1.29, 1.82) is 0 Å². The first-order chi connectivity index (χ1) is 27.8. The largest absolute Gasteiger partial charge is 0.470 e. The quantitative estimate of drug-likeness (QED) is 0.0995. The zero-order valence-corrected chi connectivity index (χ0v) is 30.1. The maximum Gasteiger partial charge on any atom is 0.254 e. The Balaban J connectivity index is 0.000000162. The van der Waals surface area contributed by atoms with E-state index in [-0.39, 0.29) is 53.5 Å². The molecule has 6 aromatic heterocycles. The molecule has 19 heteroatoms. The molecule has 14 nitrogen and oxygen atoms in total. The molecule has 1 aliphatic rings. The van der Waals surface area contributed by atoms with Crippen LogP contribution in [-0.2, 0) is 17.8 Å². The van der Waals surface area contributed by atoms with E-state index in [4.69, 9.17) is 30.1 Å². The standard InChI is InChI=1S/C21H17F2N5O3.C17H10ClF2N5O/c22-15-4-2-1-3-13(15)11-28-19(17-6-8-30-27-17)9-18(26-28)20-24-10-16(23)21(25-20)31-14-5-7-29-12-14;18-16-12(20)8-21-17(22-16)14-7-15(13-5-6-26-24-13)25(23-14)9-10-3-1-2-4-11(10)19/h1-4,6,8-10,14H,5,7,11-12H2;1-8H,9H2. The molecule has 0 saturated carbocycles. The molecule has 0 radical (unpaired) electrons. The van der Waals surface area contributed by atoms with Crippen molar-refractivity contribution in [1.82, 2.24) is 49.8 Å². The molecule has 0 amide bonds. The van der Waals surface area contributed by atoms with Gasteiger partial charge in [0, 0.05) is 29.7 Å². The zero-order valence-electron chi connectivity index (χ0n) is 29.3. The lowest BCUT2D eigenvalue weighted by atomic mass is 10.2. The average molecular weight is 799 g/mol. The molecule has 1 fully saturated rings. The lowest BCUT2D eigenvalue weighted by molar-refractivity contribution is 0.134. The van der Waals surface area contributed by atoms with Crippen LogP contribution in [0, 0.1) is 23.3 Å². The van der Waals surface area contributed by atoms with Crippen LogP contribution in [0.1, 0.15) is 17.5 Å². The molecule has 9 rings (SSSR count). The summed E-state index contributed by atoms with van der Waals surface area (Å²) in [6.07, 6.45) is 5.25. The molecule has 1 atom stereocenters. The van der Waals surface area contributed by atoms with Crippen molar-refractivity contribution >= 4 is 11.6 Å². The molecule has 0 aliphatic carbocycles. The van der Waals surface area contributed by atoms with Crippen LogP contribution >= 0.6 is 11.6 Å². The van der Waals surface area contributed by atoms with Crippen LogP contribution in [0.15, 0.2) is 107 Å². The van der Waals surface area contributed by atoms with E-state index in [0.717, 1.165) is 12.4 Å². The second-order valence-corrected chi connectivity index (χ2v) is 12.7. The highest BCUT2D eigenvalue weighted by Gasteiger charge is 2.23. The zero-order chi connectivity index (χ0) is 39.3. The predicted molar refractivity (Wildman–Crippen MR) is 193 cm³/mol. The Morgan fingerprint density at radius 2 is 1.21 bits per heavy atom. The minimum absolute atomic E-state index is 0.147. The molecular formula is C38H27ClF4N10O4. The van der Waals surface area contributed by atoms with E-state index < -0.39 is 11.6 Å². The van der Waals surface area contributed by atoms with Gasteiger partial charge in [-0.1, -0.05) is 58.3 Å². The van der Waals surface area contributed by atoms with Gasteiger partial charge in [0.1, 0.15) is 53.0 Å². The molecule has 1 aliphatic heterocycles. The number of aromatic nitrogens is 10. The van der Waals surface area contributed by atoms with Crippen LogP contribution < -0.4 is 4.74 Å². The van der Waals surface area contributed by atoms with Gasteiger partial charge < -0.3 is 18.5 Å². The Kier molecular flexibility index (Phi) is 10.8. The average Bonchev–Trinajstić information content (AvgIpc) is 4.06. The SMILES string of the molecule is Fc1ccccc1Cn1nc(-c2ncc(F)c(Cl)n2)cc1-c1ccon1.Fc1ccccc1Cn1nc(-c2ncc(F)c(OC3CCOC3)n2)cc1-c1ccon1. The summed E-state index contributed by atoms with van der Waals surface area (Å²) in [5, 5.41) is 16.5. The molecular weight excluding hydrogens is 772 g/mol. The maximum atomic E-state index is 14.2. The van der Waals surface area contributed by atoms with Crippen LogP contribution in [0.25, 0.3) is 45.8 Å². The first-order valence-electron chi connectivity index (χ1n) is 17.2. The van der Waals surface area contributed by atoms with Gasteiger partial charge >= 0.3 is 0 Å². The maximum absolute atomic E-state index is 14.2. The summed E-state index contributed by atoms with van der Waals surface area (Å²) in [5.41, 5.74) is 3.78. The highest BCUT2D eigenvalue weighted by Crippen LogP contribution is 2.28. The number of ether oxygens (including phenoxy) is 2. The highest BCUT2D eigenvalue weighted by atomic mass is 35.5. The van der Waals surface area contributed by atoms with Gasteiger partial charge in [-0.05, 0) is 24.3 Å². The Morgan fingerprint density at radius 3 is 1.70 bits per heavy atom. The molecule has 0 N–H and O–H groups in total. The first-order valence-corrected chi connectivity index (χ1v) is 17.6. The van der Waals surface area contributed by atoms with Crippen molar-refractivity contribution in [3.05, 3.63) is 137 Å². The molecule has 7 heterocycles. The monoisotopic (exact) mass is 798 g/mol. The summed E-state index contributed by atoms with van der Waals surface area (Å²) < 4.78 is 79.6. The number of nitrogens with zero attached hydrogens (tertiary/aromatic N) is 10. The van der Waals surface area contributed by atoms with Crippen molar-refractivity contribution in [3.63, 3.8) is 0 Å². The van der Waals surface area contributed by atoms with Crippen molar-refractivity contribution in [3.8, 4) is 51.7 Å². The molecule has 2 aromatic carbocycles. The number of hydrogen-bond donors (Lipinski definition) is 0. The molecule has 1 saturated heterocycles. The smallest absolute Gasteiger partial charge is 0.254 e. The van der Waals surface area contributed by atoms with Crippen LogP contribution in [0.5, 0.6) is 5.88 Å². The van der Waals surface area contributed by atoms with E-state index in [1.54, 1.807) is 70.0 Å². The minimum atomic E-state index is -0.724. The first kappa shape index (κ1) is 37.1. The van der Waals surface area contributed by atoms with Gasteiger partial charge in [0.05, 0.1) is 50.1 Å². The minimum Gasteiger partial charge on any atom is -0.470 e. The van der Waals surface area contributed by atoms with Gasteiger partial charge in [0.15, 0.2) is 22.6 Å². The van der Waals surface area contributed by atoms with Gasteiger partial charge in [0.25, 0.3) is 5.88 Å². The van der Waals surface area contributed by atoms with Gasteiger partial charge in [-0.15, -0.1) is 0 Å². The van der Waals surface area contributed by atoms with E-state index in [9.17, 15) is 17.6 Å². The van der Waals surface area contributed by atoms with E-state index >= 15 is 0 Å². The Hall–Kier alpha value is -6.79. The van der Waals surface area contributed by atoms with Gasteiger partial charge in [-0.25, -0.2) is 28.1 Å². The van der Waals surface area contributed by atoms with Crippen LogP contribution in [-0.4, -0.2) is 69.1 Å². The van der Waals surface area contributed by atoms with Gasteiger partial charge in [-0.3, -0.25) is 9.36 Å². The summed E-state index contributed by atoms with van der Waals surface area (Å²) in [7, 11) is 0. The topological polar surface area (TPSA) is 158 Å². The van der Waals surface area contributed by atoms with E-state index in [2.05, 4.69) is 40.4 Å². The summed E-state index contributed by atoms with van der Waals surface area (Å²) in [6.45, 7) is 1.25. The fraction of sp³-hybridized carbons (Fsp3) is 0.158. The fourth-order valence-corrected chi connectivity index (χ4v) is 5.89. The number of halogens is 5. The number of benzene rings is 2. The Labute approximate surface area is 324 Å². The highest BCUT2D eigenvalue weighted by molar-refractivity contribution is 6.29. The van der Waals surface area contributed by atoms with Crippen LogP contribution in [0.2, 0.25) is 5.15 Å². The van der Waals surface area contributed by atoms with Crippen molar-refractivity contribution in [2.45, 2.75) is 25.6 Å². The third kappa shape index (κ3) is 8.41. The van der Waals surface area contributed by atoms with Crippen LogP contribution in [0.3, 0.4) is 0 Å². The van der Waals surface area contributed by atoms with E-state index in [1.165, 1.54) is 24.7 Å². The number of hydrogen-bond acceptors (Lipinski definition) is 12. The van der Waals surface area contributed by atoms with Crippen molar-refractivity contribution in [2.75, 3.05) is 13.2 Å². The second-order valence-electron chi connectivity index (χ2n) is 12.4. The molecule has 57 heavy (non-hydrogen) atoms. The van der Waals surface area contributed by atoms with Gasteiger partial charge in [-0.2, -0.15) is 19.6 Å². The third-order valence-electron chi connectivity index (χ3n) is 8.55. The summed E-state index contributed by atoms with van der Waals surface area (Å²) in [5.74, 6) is -1.93. The van der Waals surface area contributed by atoms with Crippen LogP contribution in [0.4, 0.5) is 17.6 Å². The third-order valence-corrected chi connectivity index (χ3v) is 8.82. The Bertz CT molecular complexity index is 2610. The molecule has 288 valence electrons. The second kappa shape index (κ2) is 16.5. The van der Waals surface area contributed by atoms with Crippen molar-refractivity contribution in [2.24, 2.45) is 0 Å². The Morgan fingerprint density at radius 1 is 0.667 bits per heavy atom. The van der Waals surface area contributed by atoms with E-state index in [1.807, 2.05) is 0 Å². The number of rotatable bonds is 10. The summed E-state index contributed by atoms with van der Waals surface area (Å²) in [4.78, 5) is 16.1. The van der Waals surface area contributed by atoms with E-state index in [0.29, 0.717) is 64.9 Å². The van der Waals surface area contributed by atoms with Crippen molar-refractivity contribution < 1.29 is 36.1 Å². The molecule has 0 spiro atoms. The predicted octanol–water partition coefficient (Wildman–Crippen LogP) is 7.46. The molecule has 1 unspecified atom stereocenters. The summed E-state index contributed by atoms with van der Waals surface area (Å²) in [6, 6.07) is 19.5. The van der Waals surface area contributed by atoms with Gasteiger partial charge in [0.2, 0.25) is 5.82 Å². The summed E-state index contributed by atoms with van der Waals surface area (Å²) >= 11 is 5.72.